The predicted molar refractivity (Wildman–Crippen MR) is 81.8 cm³/mol. The third-order valence-corrected chi connectivity index (χ3v) is 3.78. The molecule has 0 fully saturated rings. The maximum Gasteiger partial charge on any atom is 0.336 e. The first-order chi connectivity index (χ1) is 10.1. The first-order valence-corrected chi connectivity index (χ1v) is 6.94. The summed E-state index contributed by atoms with van der Waals surface area (Å²) in [6, 6.07) is 12.6. The Morgan fingerprint density at radius 2 is 1.90 bits per heavy atom. The minimum atomic E-state index is -1.04. The monoisotopic (exact) mass is 345 g/mol. The number of nitrogens with zero attached hydrogens (tertiary/aromatic N) is 1. The van der Waals surface area contributed by atoms with E-state index in [1.54, 1.807) is 30.3 Å². The molecule has 0 aliphatic rings. The van der Waals surface area contributed by atoms with E-state index in [2.05, 4.69) is 20.9 Å². The van der Waals surface area contributed by atoms with Crippen molar-refractivity contribution in [2.45, 2.75) is 0 Å². The smallest absolute Gasteiger partial charge is 0.336 e. The molecule has 3 aromatic rings. The Balaban J connectivity index is 2.35. The second-order valence-corrected chi connectivity index (χ2v) is 5.36. The number of aromatic carboxylic acids is 1. The van der Waals surface area contributed by atoms with Gasteiger partial charge in [0, 0.05) is 15.4 Å². The summed E-state index contributed by atoms with van der Waals surface area (Å²) in [5.74, 6) is -1.43. The first kappa shape index (κ1) is 13.7. The second kappa shape index (κ2) is 5.26. The number of carbonyl (C=O) groups is 1. The molecule has 1 aromatic heterocycles. The maximum absolute atomic E-state index is 13.4. The first-order valence-electron chi connectivity index (χ1n) is 6.15. The zero-order chi connectivity index (χ0) is 15.0. The second-order valence-electron chi connectivity index (χ2n) is 4.51. The number of fused-ring (bicyclic) bond motifs is 1. The van der Waals surface area contributed by atoms with E-state index in [0.717, 1.165) is 0 Å². The molecule has 0 bridgehead atoms. The van der Waals surface area contributed by atoms with Crippen molar-refractivity contribution in [1.82, 2.24) is 4.98 Å². The summed E-state index contributed by atoms with van der Waals surface area (Å²) in [6.07, 6.45) is 0. The molecule has 1 heterocycles. The molecule has 5 heteroatoms. The summed E-state index contributed by atoms with van der Waals surface area (Å²) >= 11 is 3.37. The van der Waals surface area contributed by atoms with Crippen molar-refractivity contribution in [2.75, 3.05) is 0 Å². The minimum Gasteiger partial charge on any atom is -0.478 e. The van der Waals surface area contributed by atoms with Gasteiger partial charge in [-0.05, 0) is 40.2 Å². The van der Waals surface area contributed by atoms with Crippen molar-refractivity contribution in [3.05, 3.63) is 64.4 Å². The number of rotatable bonds is 2. The molecule has 21 heavy (non-hydrogen) atoms. The number of hydrogen-bond acceptors (Lipinski definition) is 2. The van der Waals surface area contributed by atoms with Gasteiger partial charge in [-0.25, -0.2) is 14.2 Å². The van der Waals surface area contributed by atoms with Crippen LogP contribution in [-0.4, -0.2) is 16.1 Å². The van der Waals surface area contributed by atoms with Crippen LogP contribution in [0.2, 0.25) is 0 Å². The summed E-state index contributed by atoms with van der Waals surface area (Å²) < 4.78 is 14.0. The van der Waals surface area contributed by atoms with Gasteiger partial charge in [0.05, 0.1) is 16.8 Å². The van der Waals surface area contributed by atoms with Crippen LogP contribution >= 0.6 is 15.9 Å². The summed E-state index contributed by atoms with van der Waals surface area (Å²) in [5, 5.41) is 9.92. The summed E-state index contributed by atoms with van der Waals surface area (Å²) in [7, 11) is 0. The van der Waals surface area contributed by atoms with Gasteiger partial charge in [0.15, 0.2) is 0 Å². The van der Waals surface area contributed by atoms with Crippen LogP contribution in [0.3, 0.4) is 0 Å². The standard InChI is InChI=1S/C16H9BrFNO2/c17-13-6-2-5-11-12(16(20)21)8-14(19-15(11)13)9-3-1-4-10(18)7-9/h1-8H,(H,20,21). The third-order valence-electron chi connectivity index (χ3n) is 3.14. The van der Waals surface area contributed by atoms with Crippen LogP contribution in [-0.2, 0) is 0 Å². The number of pyridine rings is 1. The number of aromatic nitrogens is 1. The van der Waals surface area contributed by atoms with Crippen LogP contribution in [0.4, 0.5) is 4.39 Å². The van der Waals surface area contributed by atoms with Gasteiger partial charge < -0.3 is 5.11 Å². The highest BCUT2D eigenvalue weighted by Crippen LogP contribution is 2.29. The van der Waals surface area contributed by atoms with Crippen molar-refractivity contribution in [1.29, 1.82) is 0 Å². The predicted octanol–water partition coefficient (Wildman–Crippen LogP) is 4.50. The van der Waals surface area contributed by atoms with Gasteiger partial charge in [0.25, 0.3) is 0 Å². The normalized spacial score (nSPS) is 10.8. The Morgan fingerprint density at radius 1 is 1.14 bits per heavy atom. The highest BCUT2D eigenvalue weighted by atomic mass is 79.9. The maximum atomic E-state index is 13.4. The van der Waals surface area contributed by atoms with Crippen LogP contribution in [0.5, 0.6) is 0 Å². The molecule has 2 aromatic carbocycles. The molecule has 0 aliphatic heterocycles. The average Bonchev–Trinajstić information content (AvgIpc) is 2.46. The van der Waals surface area contributed by atoms with Crippen molar-refractivity contribution < 1.29 is 14.3 Å². The van der Waals surface area contributed by atoms with Crippen molar-refractivity contribution in [2.24, 2.45) is 0 Å². The number of para-hydroxylation sites is 1. The average molecular weight is 346 g/mol. The lowest BCUT2D eigenvalue weighted by molar-refractivity contribution is 0.0699. The van der Waals surface area contributed by atoms with Crippen molar-refractivity contribution >= 4 is 32.8 Å². The van der Waals surface area contributed by atoms with Gasteiger partial charge in [-0.15, -0.1) is 0 Å². The quantitative estimate of drug-likeness (QED) is 0.743. The summed E-state index contributed by atoms with van der Waals surface area (Å²) in [6.45, 7) is 0. The Kier molecular flexibility index (Phi) is 3.43. The fraction of sp³-hybridized carbons (Fsp3) is 0. The molecule has 0 unspecified atom stereocenters. The van der Waals surface area contributed by atoms with Gasteiger partial charge in [-0.3, -0.25) is 0 Å². The van der Waals surface area contributed by atoms with Gasteiger partial charge >= 0.3 is 5.97 Å². The van der Waals surface area contributed by atoms with E-state index >= 15 is 0 Å². The van der Waals surface area contributed by atoms with Crippen molar-refractivity contribution in [3.8, 4) is 11.3 Å². The largest absolute Gasteiger partial charge is 0.478 e. The van der Waals surface area contributed by atoms with Crippen LogP contribution in [0.25, 0.3) is 22.2 Å². The van der Waals surface area contributed by atoms with Gasteiger partial charge in [0.1, 0.15) is 5.82 Å². The van der Waals surface area contributed by atoms with Gasteiger partial charge in [-0.2, -0.15) is 0 Å². The lowest BCUT2D eigenvalue weighted by Gasteiger charge is -2.08. The highest BCUT2D eigenvalue weighted by Gasteiger charge is 2.14. The fourth-order valence-corrected chi connectivity index (χ4v) is 2.64. The number of carboxylic acid groups (broad SMARTS) is 1. The van der Waals surface area contributed by atoms with Crippen LogP contribution in [0.1, 0.15) is 10.4 Å². The molecular weight excluding hydrogens is 337 g/mol. The number of carboxylic acids is 1. The van der Waals surface area contributed by atoms with Crippen LogP contribution in [0, 0.1) is 5.82 Å². The highest BCUT2D eigenvalue weighted by molar-refractivity contribution is 9.10. The number of benzene rings is 2. The van der Waals surface area contributed by atoms with E-state index < -0.39 is 11.8 Å². The molecule has 0 amide bonds. The Bertz CT molecular complexity index is 864. The molecule has 0 radical (unpaired) electrons. The fourth-order valence-electron chi connectivity index (χ4n) is 2.19. The van der Waals surface area contributed by atoms with E-state index in [9.17, 15) is 14.3 Å². The van der Waals surface area contributed by atoms with E-state index in [4.69, 9.17) is 0 Å². The summed E-state index contributed by atoms with van der Waals surface area (Å²) in [4.78, 5) is 15.9. The van der Waals surface area contributed by atoms with E-state index in [0.29, 0.717) is 26.6 Å². The van der Waals surface area contributed by atoms with Crippen LogP contribution in [0.15, 0.2) is 53.0 Å². The number of hydrogen-bond donors (Lipinski definition) is 1. The molecule has 1 N–H and O–H groups in total. The zero-order valence-corrected chi connectivity index (χ0v) is 12.3. The van der Waals surface area contributed by atoms with Gasteiger partial charge in [0.2, 0.25) is 0 Å². The molecular formula is C16H9BrFNO2. The lowest BCUT2D eigenvalue weighted by Crippen LogP contribution is -2.00. The topological polar surface area (TPSA) is 50.2 Å². The van der Waals surface area contributed by atoms with Crippen molar-refractivity contribution in [3.63, 3.8) is 0 Å². The van der Waals surface area contributed by atoms with Gasteiger partial charge in [-0.1, -0.05) is 24.3 Å². The molecule has 104 valence electrons. The SMILES string of the molecule is O=C(O)c1cc(-c2cccc(F)c2)nc2c(Br)cccc12. The third kappa shape index (κ3) is 2.52. The molecule has 0 saturated heterocycles. The molecule has 3 nitrogen and oxygen atoms in total. The lowest BCUT2D eigenvalue weighted by atomic mass is 10.0. The molecule has 0 aliphatic carbocycles. The van der Waals surface area contributed by atoms with Crippen LogP contribution < -0.4 is 0 Å². The molecule has 0 saturated carbocycles. The van der Waals surface area contributed by atoms with E-state index in [-0.39, 0.29) is 5.56 Å². The number of halogens is 2. The van der Waals surface area contributed by atoms with E-state index in [1.807, 2.05) is 0 Å². The zero-order valence-electron chi connectivity index (χ0n) is 10.7. The Morgan fingerprint density at radius 3 is 2.62 bits per heavy atom. The Hall–Kier alpha value is -2.27. The minimum absolute atomic E-state index is 0.139. The summed E-state index contributed by atoms with van der Waals surface area (Å²) in [5.41, 5.74) is 1.64. The molecule has 0 atom stereocenters. The molecule has 0 spiro atoms. The molecule has 3 rings (SSSR count). The Labute approximate surface area is 128 Å². The van der Waals surface area contributed by atoms with E-state index in [1.165, 1.54) is 18.2 Å².